The van der Waals surface area contributed by atoms with E-state index in [4.69, 9.17) is 0 Å². The average molecular weight is 306 g/mol. The number of aromatic nitrogens is 1. The molecule has 6 heteroatoms. The molecule has 1 aromatic heterocycles. The van der Waals surface area contributed by atoms with Crippen molar-refractivity contribution < 1.29 is 4.39 Å². The smallest absolute Gasteiger partial charge is 0.191 e. The Labute approximate surface area is 128 Å². The molecule has 0 aliphatic carbocycles. The highest BCUT2D eigenvalue weighted by Crippen LogP contribution is 2.15. The van der Waals surface area contributed by atoms with Crippen LogP contribution in [0.2, 0.25) is 0 Å². The van der Waals surface area contributed by atoms with Crippen LogP contribution in [0, 0.1) is 19.7 Å². The molecule has 1 heterocycles. The Kier molecular flexibility index (Phi) is 5.27. The number of halogens is 1. The molecule has 112 valence electrons. The summed E-state index contributed by atoms with van der Waals surface area (Å²) in [5.41, 5.74) is 1.67. The maximum absolute atomic E-state index is 13.5. The monoisotopic (exact) mass is 306 g/mol. The Balaban J connectivity index is 1.88. The van der Waals surface area contributed by atoms with Gasteiger partial charge in [0.25, 0.3) is 0 Å². The lowest BCUT2D eigenvalue weighted by Crippen LogP contribution is -2.36. The van der Waals surface area contributed by atoms with Crippen molar-refractivity contribution in [3.63, 3.8) is 0 Å². The van der Waals surface area contributed by atoms with Gasteiger partial charge < -0.3 is 10.6 Å². The molecule has 1 aromatic carbocycles. The number of hydrogen-bond donors (Lipinski definition) is 2. The number of aryl methyl sites for hydroxylation is 2. The maximum Gasteiger partial charge on any atom is 0.191 e. The van der Waals surface area contributed by atoms with Crippen LogP contribution < -0.4 is 10.6 Å². The molecule has 0 saturated carbocycles. The Bertz CT molecular complexity index is 617. The zero-order valence-electron chi connectivity index (χ0n) is 12.4. The molecule has 0 amide bonds. The van der Waals surface area contributed by atoms with Crippen molar-refractivity contribution in [1.29, 1.82) is 0 Å². The fourth-order valence-corrected chi connectivity index (χ4v) is 2.69. The van der Waals surface area contributed by atoms with Gasteiger partial charge in [0.05, 0.1) is 12.2 Å². The lowest BCUT2D eigenvalue weighted by molar-refractivity contribution is 0.604. The van der Waals surface area contributed by atoms with E-state index in [9.17, 15) is 4.39 Å². The lowest BCUT2D eigenvalue weighted by atomic mass is 10.2. The Morgan fingerprint density at radius 2 is 1.95 bits per heavy atom. The van der Waals surface area contributed by atoms with E-state index >= 15 is 0 Å². The molecule has 0 atom stereocenters. The van der Waals surface area contributed by atoms with Crippen LogP contribution in [0.3, 0.4) is 0 Å². The van der Waals surface area contributed by atoms with Gasteiger partial charge in [-0.2, -0.15) is 0 Å². The average Bonchev–Trinajstić information content (AvgIpc) is 2.79. The predicted molar refractivity (Wildman–Crippen MR) is 85.0 cm³/mol. The number of nitrogens with zero attached hydrogens (tertiary/aromatic N) is 2. The zero-order chi connectivity index (χ0) is 15.2. The fraction of sp³-hybridized carbons (Fsp3) is 0.333. The van der Waals surface area contributed by atoms with Gasteiger partial charge in [0.2, 0.25) is 0 Å². The summed E-state index contributed by atoms with van der Waals surface area (Å²) in [6, 6.07) is 6.70. The highest BCUT2D eigenvalue weighted by Gasteiger charge is 2.06. The third-order valence-corrected chi connectivity index (χ3v) is 4.18. The molecule has 0 aliphatic heterocycles. The van der Waals surface area contributed by atoms with E-state index in [1.807, 2.05) is 13.0 Å². The molecule has 4 nitrogen and oxygen atoms in total. The molecule has 0 spiro atoms. The van der Waals surface area contributed by atoms with Gasteiger partial charge in [-0.3, -0.25) is 4.99 Å². The summed E-state index contributed by atoms with van der Waals surface area (Å²) in [7, 11) is 1.69. The number of guanidine groups is 1. The van der Waals surface area contributed by atoms with Crippen molar-refractivity contribution in [1.82, 2.24) is 15.6 Å². The third-order valence-electron chi connectivity index (χ3n) is 3.11. The van der Waals surface area contributed by atoms with E-state index in [0.717, 1.165) is 10.7 Å². The number of aliphatic imine (C=N–C) groups is 1. The number of nitrogens with one attached hydrogen (secondary N) is 2. The summed E-state index contributed by atoms with van der Waals surface area (Å²) in [6.07, 6.45) is 0. The van der Waals surface area contributed by atoms with Crippen LogP contribution in [-0.2, 0) is 13.1 Å². The Morgan fingerprint density at radius 3 is 2.57 bits per heavy atom. The van der Waals surface area contributed by atoms with E-state index in [1.54, 1.807) is 30.5 Å². The second kappa shape index (κ2) is 7.17. The van der Waals surface area contributed by atoms with Gasteiger partial charge in [-0.25, -0.2) is 9.37 Å². The minimum absolute atomic E-state index is 0.216. The van der Waals surface area contributed by atoms with Crippen LogP contribution in [0.15, 0.2) is 29.3 Å². The van der Waals surface area contributed by atoms with Gasteiger partial charge >= 0.3 is 0 Å². The molecule has 2 rings (SSSR count). The van der Waals surface area contributed by atoms with E-state index in [1.165, 1.54) is 10.9 Å². The van der Waals surface area contributed by atoms with Crippen LogP contribution in [0.1, 0.15) is 21.1 Å². The van der Waals surface area contributed by atoms with E-state index < -0.39 is 0 Å². The molecule has 0 radical (unpaired) electrons. The summed E-state index contributed by atoms with van der Waals surface area (Å²) in [4.78, 5) is 9.81. The highest BCUT2D eigenvalue weighted by atomic mass is 32.1. The van der Waals surface area contributed by atoms with E-state index in [2.05, 4.69) is 27.5 Å². The molecule has 21 heavy (non-hydrogen) atoms. The molecule has 0 saturated heterocycles. The van der Waals surface area contributed by atoms with Crippen molar-refractivity contribution >= 4 is 17.3 Å². The van der Waals surface area contributed by atoms with E-state index in [0.29, 0.717) is 24.6 Å². The van der Waals surface area contributed by atoms with Gasteiger partial charge in [0, 0.05) is 24.0 Å². The minimum Gasteiger partial charge on any atom is -0.352 e. The quantitative estimate of drug-likeness (QED) is 0.674. The van der Waals surface area contributed by atoms with Crippen LogP contribution in [-0.4, -0.2) is 18.0 Å². The zero-order valence-corrected chi connectivity index (χ0v) is 13.2. The Hall–Kier alpha value is -1.95. The first-order valence-electron chi connectivity index (χ1n) is 6.71. The first-order valence-corrected chi connectivity index (χ1v) is 7.52. The second-order valence-electron chi connectivity index (χ2n) is 4.62. The molecule has 2 N–H and O–H groups in total. The minimum atomic E-state index is -0.216. The normalized spacial score (nSPS) is 11.5. The summed E-state index contributed by atoms with van der Waals surface area (Å²) in [5.74, 6) is 0.412. The highest BCUT2D eigenvalue weighted by molar-refractivity contribution is 7.11. The molecule has 0 unspecified atom stereocenters. The molecular weight excluding hydrogens is 287 g/mol. The number of hydrogen-bond acceptors (Lipinski definition) is 3. The number of thiazole rings is 1. The molecule has 0 aliphatic rings. The van der Waals surface area contributed by atoms with Crippen LogP contribution in [0.5, 0.6) is 0 Å². The Morgan fingerprint density at radius 1 is 1.24 bits per heavy atom. The van der Waals surface area contributed by atoms with Gasteiger partial charge in [-0.05, 0) is 19.9 Å². The first-order chi connectivity index (χ1) is 10.1. The topological polar surface area (TPSA) is 49.3 Å². The van der Waals surface area contributed by atoms with Crippen molar-refractivity contribution in [2.24, 2.45) is 4.99 Å². The fourth-order valence-electron chi connectivity index (χ4n) is 1.82. The SMILES string of the molecule is CN=C(NCc1nc(C)c(C)s1)NCc1ccccc1F. The van der Waals surface area contributed by atoms with Crippen LogP contribution >= 0.6 is 11.3 Å². The summed E-state index contributed by atoms with van der Waals surface area (Å²) in [5, 5.41) is 7.29. The summed E-state index contributed by atoms with van der Waals surface area (Å²) in [6.45, 7) is 5.06. The molecular formula is C15H19FN4S. The van der Waals surface area contributed by atoms with Crippen molar-refractivity contribution in [3.05, 3.63) is 51.2 Å². The largest absolute Gasteiger partial charge is 0.352 e. The molecule has 0 fully saturated rings. The lowest BCUT2D eigenvalue weighted by Gasteiger charge is -2.11. The van der Waals surface area contributed by atoms with Crippen molar-refractivity contribution in [2.45, 2.75) is 26.9 Å². The van der Waals surface area contributed by atoms with Crippen LogP contribution in [0.4, 0.5) is 4.39 Å². The van der Waals surface area contributed by atoms with Gasteiger partial charge in [0.1, 0.15) is 10.8 Å². The van der Waals surface area contributed by atoms with Crippen LogP contribution in [0.25, 0.3) is 0 Å². The summed E-state index contributed by atoms with van der Waals surface area (Å²) >= 11 is 1.67. The van der Waals surface area contributed by atoms with Gasteiger partial charge in [-0.1, -0.05) is 18.2 Å². The van der Waals surface area contributed by atoms with Crippen molar-refractivity contribution in [2.75, 3.05) is 7.05 Å². The third kappa shape index (κ3) is 4.26. The second-order valence-corrected chi connectivity index (χ2v) is 5.91. The van der Waals surface area contributed by atoms with Crippen molar-refractivity contribution in [3.8, 4) is 0 Å². The number of benzene rings is 1. The van der Waals surface area contributed by atoms with Gasteiger partial charge in [-0.15, -0.1) is 11.3 Å². The standard InChI is InChI=1S/C15H19FN4S/c1-10-11(2)21-14(20-10)9-19-15(17-3)18-8-12-6-4-5-7-13(12)16/h4-7H,8-9H2,1-3H3,(H2,17,18,19). The summed E-state index contributed by atoms with van der Waals surface area (Å²) < 4.78 is 13.5. The molecule has 2 aromatic rings. The first kappa shape index (κ1) is 15.4. The van der Waals surface area contributed by atoms with E-state index in [-0.39, 0.29) is 5.82 Å². The van der Waals surface area contributed by atoms with Gasteiger partial charge in [0.15, 0.2) is 5.96 Å². The maximum atomic E-state index is 13.5. The number of rotatable bonds is 4. The molecule has 0 bridgehead atoms. The predicted octanol–water partition coefficient (Wildman–Crippen LogP) is 2.76.